The molecule has 0 saturated heterocycles. The standard InChI is InChI=1S/C24H19N3O3S/c1-15(28)21(16(2)29)23-27(18-9-4-3-5-10-18)22(26)19(14-25)24(31-23)13-12-17-8-6-7-11-20(17)30-24/h3-13H,26H2,1-2H3. The van der Waals surface area contributed by atoms with Gasteiger partial charge in [0, 0.05) is 11.3 Å². The number of hydrogen-bond donors (Lipinski definition) is 1. The van der Waals surface area contributed by atoms with Crippen LogP contribution in [0.25, 0.3) is 6.08 Å². The first-order valence-electron chi connectivity index (χ1n) is 9.56. The fourth-order valence-corrected chi connectivity index (χ4v) is 5.11. The molecule has 0 fully saturated rings. The highest BCUT2D eigenvalue weighted by Gasteiger charge is 2.48. The van der Waals surface area contributed by atoms with E-state index >= 15 is 0 Å². The van der Waals surface area contributed by atoms with Crippen molar-refractivity contribution in [3.8, 4) is 11.8 Å². The number of carbonyl (C=O) groups excluding carboxylic acids is 2. The Labute approximate surface area is 184 Å². The molecule has 0 bridgehead atoms. The highest BCUT2D eigenvalue weighted by molar-refractivity contribution is 8.04. The Morgan fingerprint density at radius 2 is 1.71 bits per heavy atom. The van der Waals surface area contributed by atoms with E-state index in [0.717, 1.165) is 17.3 Å². The number of nitriles is 1. The number of allylic oxidation sites excluding steroid dienone is 1. The number of carbonyl (C=O) groups is 2. The third kappa shape index (κ3) is 3.41. The lowest BCUT2D eigenvalue weighted by Gasteiger charge is -2.43. The van der Waals surface area contributed by atoms with Crippen molar-refractivity contribution in [3.63, 3.8) is 0 Å². The van der Waals surface area contributed by atoms with Gasteiger partial charge in [-0.2, -0.15) is 5.26 Å². The van der Waals surface area contributed by atoms with E-state index in [1.165, 1.54) is 13.8 Å². The second-order valence-electron chi connectivity index (χ2n) is 7.08. The van der Waals surface area contributed by atoms with Crippen molar-refractivity contribution < 1.29 is 14.3 Å². The molecule has 2 heterocycles. The Hall–Kier alpha value is -3.76. The number of ketones is 2. The van der Waals surface area contributed by atoms with Crippen LogP contribution in [0.5, 0.6) is 5.75 Å². The van der Waals surface area contributed by atoms with Crippen LogP contribution in [0.15, 0.2) is 82.7 Å². The molecule has 0 aromatic heterocycles. The molecule has 1 spiro atoms. The minimum absolute atomic E-state index is 0.00373. The molecule has 1 unspecified atom stereocenters. The molecule has 2 aromatic carbocycles. The topological polar surface area (TPSA) is 96.4 Å². The molecular weight excluding hydrogens is 410 g/mol. The maximum atomic E-state index is 12.5. The molecule has 154 valence electrons. The number of anilines is 1. The lowest BCUT2D eigenvalue weighted by Crippen LogP contribution is -2.45. The normalized spacial score (nSPS) is 19.5. The van der Waals surface area contributed by atoms with Gasteiger partial charge in [-0.1, -0.05) is 42.5 Å². The number of ether oxygens (including phenoxy) is 1. The molecule has 0 amide bonds. The van der Waals surface area contributed by atoms with Crippen LogP contribution < -0.4 is 15.4 Å². The number of Topliss-reactive ketones (excluding diaryl/α,β-unsaturated/α-hetero) is 2. The summed E-state index contributed by atoms with van der Waals surface area (Å²) in [5.41, 5.74) is 8.20. The Kier molecular flexibility index (Phi) is 5.17. The minimum atomic E-state index is -1.30. The number of nitrogens with zero attached hydrogens (tertiary/aromatic N) is 2. The molecule has 2 aliphatic heterocycles. The summed E-state index contributed by atoms with van der Waals surface area (Å²) in [5, 5.41) is 10.4. The van der Waals surface area contributed by atoms with Gasteiger partial charge in [0.1, 0.15) is 28.2 Å². The van der Waals surface area contributed by atoms with Crippen molar-refractivity contribution in [2.45, 2.75) is 18.8 Å². The van der Waals surface area contributed by atoms with Crippen LogP contribution >= 0.6 is 11.8 Å². The lowest BCUT2D eigenvalue weighted by atomic mass is 10.0. The zero-order valence-electron chi connectivity index (χ0n) is 17.0. The maximum absolute atomic E-state index is 12.5. The average Bonchev–Trinajstić information content (AvgIpc) is 2.74. The molecule has 6 nitrogen and oxygen atoms in total. The van der Waals surface area contributed by atoms with Crippen LogP contribution in [0.1, 0.15) is 19.4 Å². The first-order chi connectivity index (χ1) is 14.9. The molecule has 0 radical (unpaired) electrons. The summed E-state index contributed by atoms with van der Waals surface area (Å²) in [6, 6.07) is 18.7. The number of rotatable bonds is 3. The first kappa shape index (κ1) is 20.5. The van der Waals surface area contributed by atoms with Crippen molar-refractivity contribution in [3.05, 3.63) is 88.2 Å². The molecule has 0 saturated carbocycles. The smallest absolute Gasteiger partial charge is 0.218 e. The third-order valence-electron chi connectivity index (χ3n) is 5.00. The number of nitrogens with two attached hydrogens (primary N) is 1. The van der Waals surface area contributed by atoms with Crippen molar-refractivity contribution in [2.24, 2.45) is 5.73 Å². The van der Waals surface area contributed by atoms with Crippen LogP contribution in [0.2, 0.25) is 0 Å². The van der Waals surface area contributed by atoms with Crippen LogP contribution in [0, 0.1) is 11.3 Å². The van der Waals surface area contributed by atoms with E-state index in [2.05, 4.69) is 6.07 Å². The third-order valence-corrected chi connectivity index (χ3v) is 6.31. The number of hydrogen-bond acceptors (Lipinski definition) is 7. The molecule has 2 aromatic rings. The van der Waals surface area contributed by atoms with E-state index in [9.17, 15) is 14.9 Å². The Morgan fingerprint density at radius 3 is 2.35 bits per heavy atom. The number of fused-ring (bicyclic) bond motifs is 1. The van der Waals surface area contributed by atoms with E-state index in [0.29, 0.717) is 16.5 Å². The molecule has 2 aliphatic rings. The van der Waals surface area contributed by atoms with Gasteiger partial charge in [0.15, 0.2) is 11.6 Å². The Bertz CT molecular complexity index is 1210. The molecule has 7 heteroatoms. The van der Waals surface area contributed by atoms with Gasteiger partial charge in [0.05, 0.1) is 5.57 Å². The van der Waals surface area contributed by atoms with Gasteiger partial charge in [-0.3, -0.25) is 14.5 Å². The molecule has 1 atom stereocenters. The van der Waals surface area contributed by atoms with Gasteiger partial charge in [-0.25, -0.2) is 0 Å². The molecule has 2 N–H and O–H groups in total. The largest absolute Gasteiger partial charge is 0.467 e. The molecule has 0 aliphatic carbocycles. The van der Waals surface area contributed by atoms with Gasteiger partial charge in [0.2, 0.25) is 4.93 Å². The molecule has 31 heavy (non-hydrogen) atoms. The maximum Gasteiger partial charge on any atom is 0.218 e. The summed E-state index contributed by atoms with van der Waals surface area (Å²) < 4.78 is 6.29. The minimum Gasteiger partial charge on any atom is -0.467 e. The highest BCUT2D eigenvalue weighted by Crippen LogP contribution is 2.52. The van der Waals surface area contributed by atoms with Gasteiger partial charge >= 0.3 is 0 Å². The Balaban J connectivity index is 2.01. The van der Waals surface area contributed by atoms with E-state index in [1.807, 2.05) is 42.5 Å². The van der Waals surface area contributed by atoms with Crippen LogP contribution in [-0.4, -0.2) is 16.5 Å². The van der Waals surface area contributed by atoms with E-state index < -0.39 is 4.93 Å². The summed E-state index contributed by atoms with van der Waals surface area (Å²) in [5.74, 6) is -0.0943. The predicted molar refractivity (Wildman–Crippen MR) is 121 cm³/mol. The molecular formula is C24H19N3O3S. The van der Waals surface area contributed by atoms with Gasteiger partial charge < -0.3 is 10.5 Å². The lowest BCUT2D eigenvalue weighted by molar-refractivity contribution is -0.119. The second kappa shape index (κ2) is 7.82. The van der Waals surface area contributed by atoms with E-state index in [1.54, 1.807) is 29.2 Å². The van der Waals surface area contributed by atoms with Crippen LogP contribution in [-0.2, 0) is 9.59 Å². The summed E-state index contributed by atoms with van der Waals surface area (Å²) in [6.07, 6.45) is 3.60. The Morgan fingerprint density at radius 1 is 1.06 bits per heavy atom. The second-order valence-corrected chi connectivity index (χ2v) is 8.28. The zero-order chi connectivity index (χ0) is 22.2. The van der Waals surface area contributed by atoms with Crippen molar-refractivity contribution >= 4 is 35.1 Å². The quantitative estimate of drug-likeness (QED) is 0.445. The summed E-state index contributed by atoms with van der Waals surface area (Å²) in [4.78, 5) is 25.3. The monoisotopic (exact) mass is 429 g/mol. The predicted octanol–water partition coefficient (Wildman–Crippen LogP) is 4.13. The summed E-state index contributed by atoms with van der Waals surface area (Å²) in [7, 11) is 0. The van der Waals surface area contributed by atoms with Crippen LogP contribution in [0.4, 0.5) is 5.69 Å². The first-order valence-corrected chi connectivity index (χ1v) is 10.4. The SMILES string of the molecule is CC(=O)C(C(C)=O)=C1SC2(C=Cc3ccccc3O2)C(C#N)=C(N)N1c1ccccc1. The van der Waals surface area contributed by atoms with Gasteiger partial charge in [0.25, 0.3) is 0 Å². The van der Waals surface area contributed by atoms with Crippen LogP contribution in [0.3, 0.4) is 0 Å². The average molecular weight is 430 g/mol. The van der Waals surface area contributed by atoms with Crippen molar-refractivity contribution in [2.75, 3.05) is 4.90 Å². The fourth-order valence-electron chi connectivity index (χ4n) is 3.62. The zero-order valence-corrected chi connectivity index (χ0v) is 17.8. The van der Waals surface area contributed by atoms with Crippen molar-refractivity contribution in [1.29, 1.82) is 5.26 Å². The number of para-hydroxylation sites is 2. The number of benzene rings is 2. The summed E-state index contributed by atoms with van der Waals surface area (Å²) >= 11 is 1.12. The van der Waals surface area contributed by atoms with E-state index in [-0.39, 0.29) is 28.5 Å². The molecule has 4 rings (SSSR count). The van der Waals surface area contributed by atoms with Gasteiger partial charge in [-0.15, -0.1) is 0 Å². The van der Waals surface area contributed by atoms with Crippen molar-refractivity contribution in [1.82, 2.24) is 0 Å². The summed E-state index contributed by atoms with van der Waals surface area (Å²) in [6.45, 7) is 2.68. The fraction of sp³-hybridized carbons (Fsp3) is 0.125. The number of thioether (sulfide) groups is 1. The van der Waals surface area contributed by atoms with Gasteiger partial charge in [-0.05, 0) is 49.9 Å². The highest BCUT2D eigenvalue weighted by atomic mass is 32.2. The van der Waals surface area contributed by atoms with E-state index in [4.69, 9.17) is 10.5 Å².